The average Bonchev–Trinajstić information content (AvgIpc) is 3.10. The number of aliphatic hydroxyl groups is 2. The molecule has 186 valence electrons. The van der Waals surface area contributed by atoms with Gasteiger partial charge in [0, 0.05) is 6.42 Å². The smallest absolute Gasteiger partial charge is 0.748 e. The zero-order chi connectivity index (χ0) is 23.9. The van der Waals surface area contributed by atoms with E-state index in [1.54, 1.807) is 0 Å². The molecule has 0 aromatic carbocycles. The third-order valence-corrected chi connectivity index (χ3v) is 6.68. The summed E-state index contributed by atoms with van der Waals surface area (Å²) in [5, 5.41) is 19.6. The van der Waals surface area contributed by atoms with Crippen LogP contribution in [0.1, 0.15) is 77.6 Å². The number of quaternary nitrogens is 1. The van der Waals surface area contributed by atoms with E-state index in [1.807, 2.05) is 0 Å². The molecule has 8 nitrogen and oxygen atoms in total. The number of aliphatic hydroxyl groups excluding tert-OH is 2. The van der Waals surface area contributed by atoms with Gasteiger partial charge in [0.1, 0.15) is 25.7 Å². The van der Waals surface area contributed by atoms with Crippen LogP contribution in [0.5, 0.6) is 0 Å². The molecule has 1 heterocycles. The zero-order valence-electron chi connectivity index (χ0n) is 20.6. The Bertz CT molecular complexity index is 714. The first-order chi connectivity index (χ1) is 15.2. The molecule has 0 fully saturated rings. The van der Waals surface area contributed by atoms with Crippen molar-refractivity contribution in [2.24, 2.45) is 4.99 Å². The zero-order valence-corrected chi connectivity index (χ0v) is 23.4. The predicted octanol–water partition coefficient (Wildman–Crippen LogP) is -0.446. The van der Waals surface area contributed by atoms with Gasteiger partial charge in [0.25, 0.3) is 5.84 Å². The van der Waals surface area contributed by atoms with E-state index < -0.39 is 22.0 Å². The van der Waals surface area contributed by atoms with Gasteiger partial charge >= 0.3 is 29.6 Å². The summed E-state index contributed by atoms with van der Waals surface area (Å²) in [5.74, 6) is -0.740. The van der Waals surface area contributed by atoms with E-state index >= 15 is 0 Å². The average molecular weight is 498 g/mol. The van der Waals surface area contributed by atoms with Gasteiger partial charge in [-0.05, 0) is 25.7 Å². The van der Waals surface area contributed by atoms with Crippen molar-refractivity contribution in [1.82, 2.24) is 0 Å². The minimum absolute atomic E-state index is 0. The maximum absolute atomic E-state index is 12.8. The third-order valence-electron chi connectivity index (χ3n) is 5.89. The van der Waals surface area contributed by atoms with Crippen LogP contribution in [0, 0.1) is 0 Å². The topological polar surface area (TPSA) is 127 Å². The SMILES string of the molecule is CCCC/C=C/CCCCCCCCC(=O)C1=NCC[N+]1(CCO)CC(O)CS(=O)(=O)[O-].[Na+]. The number of Topliss-reactive ketones (excluding diaryl/α,β-unsaturated/α-hetero) is 1. The molecule has 2 atom stereocenters. The second-order valence-electron chi connectivity index (χ2n) is 8.78. The molecule has 0 aliphatic carbocycles. The summed E-state index contributed by atoms with van der Waals surface area (Å²) in [6.07, 6.45) is 14.6. The van der Waals surface area contributed by atoms with Gasteiger partial charge < -0.3 is 14.8 Å². The number of unbranched alkanes of at least 4 members (excludes halogenated alkanes) is 8. The Morgan fingerprint density at radius 2 is 1.73 bits per heavy atom. The standard InChI is InChI=1S/C23H42N2O6S.Na/c1-2-3-4-5-6-7-8-9-10-11-12-13-14-22(28)23-24-15-16-25(23,17-18-26)19-21(27)20-32(29,30)31;/h5-6,21,26-27H,2-4,7-20H2,1H3;/q;+1/b6-5+;. The van der Waals surface area contributed by atoms with Crippen molar-refractivity contribution in [2.45, 2.75) is 83.7 Å². The molecule has 0 saturated heterocycles. The molecular formula is C23H42N2NaO6S+. The van der Waals surface area contributed by atoms with Crippen molar-refractivity contribution in [3.63, 3.8) is 0 Å². The van der Waals surface area contributed by atoms with Crippen molar-refractivity contribution >= 4 is 21.7 Å². The molecule has 10 heteroatoms. The number of ketones is 1. The summed E-state index contributed by atoms with van der Waals surface area (Å²) in [5.41, 5.74) is 0. The number of aliphatic imine (C=N–C) groups is 1. The maximum atomic E-state index is 12.8. The van der Waals surface area contributed by atoms with Crippen LogP contribution in [0.3, 0.4) is 0 Å². The van der Waals surface area contributed by atoms with Gasteiger partial charge in [-0.2, -0.15) is 0 Å². The fourth-order valence-corrected chi connectivity index (χ4v) is 4.83. The molecule has 0 amide bonds. The Morgan fingerprint density at radius 1 is 1.12 bits per heavy atom. The van der Waals surface area contributed by atoms with Crippen molar-refractivity contribution < 1.29 is 62.0 Å². The number of hydrogen-bond donors (Lipinski definition) is 2. The number of nitrogens with zero attached hydrogens (tertiary/aromatic N) is 2. The molecule has 0 radical (unpaired) electrons. The Hall–Kier alpha value is -0.130. The van der Waals surface area contributed by atoms with Crippen molar-refractivity contribution in [3.05, 3.63) is 12.2 Å². The number of amidine groups is 1. The quantitative estimate of drug-likeness (QED) is 0.0819. The summed E-state index contributed by atoms with van der Waals surface area (Å²) < 4.78 is 32.8. The van der Waals surface area contributed by atoms with Gasteiger partial charge in [0.2, 0.25) is 5.78 Å². The van der Waals surface area contributed by atoms with Crippen LogP contribution in [-0.2, 0) is 14.9 Å². The van der Waals surface area contributed by atoms with E-state index in [4.69, 9.17) is 0 Å². The molecule has 1 aliphatic heterocycles. The summed E-state index contributed by atoms with van der Waals surface area (Å²) in [6, 6.07) is 0. The van der Waals surface area contributed by atoms with Crippen molar-refractivity contribution in [3.8, 4) is 0 Å². The second-order valence-corrected chi connectivity index (χ2v) is 10.2. The largest absolute Gasteiger partial charge is 1.00 e. The normalized spacial score (nSPS) is 19.5. The maximum Gasteiger partial charge on any atom is 1.00 e. The summed E-state index contributed by atoms with van der Waals surface area (Å²) in [4.78, 5) is 17.1. The Labute approximate surface area is 222 Å². The first-order valence-electron chi connectivity index (χ1n) is 12.1. The van der Waals surface area contributed by atoms with Crippen LogP contribution in [0.15, 0.2) is 17.1 Å². The predicted molar refractivity (Wildman–Crippen MR) is 125 cm³/mol. The van der Waals surface area contributed by atoms with Crippen LogP contribution < -0.4 is 29.6 Å². The van der Waals surface area contributed by atoms with Crippen molar-refractivity contribution in [1.29, 1.82) is 0 Å². The molecule has 33 heavy (non-hydrogen) atoms. The first kappa shape index (κ1) is 32.9. The molecule has 0 aromatic heterocycles. The Balaban J connectivity index is 0.0000102. The van der Waals surface area contributed by atoms with Crippen molar-refractivity contribution in [2.75, 3.05) is 38.5 Å². The molecule has 0 aromatic rings. The van der Waals surface area contributed by atoms with E-state index in [-0.39, 0.29) is 65.4 Å². The minimum atomic E-state index is -4.58. The molecular weight excluding hydrogens is 455 g/mol. The molecule has 1 aliphatic rings. The fraction of sp³-hybridized carbons (Fsp3) is 0.826. The van der Waals surface area contributed by atoms with Gasteiger partial charge in [-0.25, -0.2) is 13.4 Å². The second kappa shape index (κ2) is 18.2. The fourth-order valence-electron chi connectivity index (χ4n) is 4.25. The van der Waals surface area contributed by atoms with Crippen LogP contribution in [0.2, 0.25) is 0 Å². The molecule has 0 saturated carbocycles. The number of carbonyl (C=O) groups excluding carboxylic acids is 1. The van der Waals surface area contributed by atoms with Gasteiger partial charge in [0.15, 0.2) is 0 Å². The van der Waals surface area contributed by atoms with E-state index in [9.17, 15) is 28.0 Å². The molecule has 0 spiro atoms. The molecule has 2 unspecified atom stereocenters. The summed E-state index contributed by atoms with van der Waals surface area (Å²) in [7, 11) is -4.58. The van der Waals surface area contributed by atoms with E-state index in [0.29, 0.717) is 19.5 Å². The number of allylic oxidation sites excluding steroid dienone is 2. The van der Waals surface area contributed by atoms with Crippen LogP contribution in [-0.4, -0.2) is 83.9 Å². The number of rotatable bonds is 19. The molecule has 1 rings (SSSR count). The minimum Gasteiger partial charge on any atom is -0.748 e. The Kier molecular flexibility index (Phi) is 18.1. The van der Waals surface area contributed by atoms with E-state index in [1.165, 1.54) is 32.1 Å². The monoisotopic (exact) mass is 497 g/mol. The van der Waals surface area contributed by atoms with Gasteiger partial charge in [0.05, 0.1) is 29.0 Å². The number of hydrogen-bond acceptors (Lipinski definition) is 7. The van der Waals surface area contributed by atoms with Gasteiger partial charge in [-0.3, -0.25) is 9.28 Å². The van der Waals surface area contributed by atoms with Gasteiger partial charge in [-0.15, -0.1) is 0 Å². The van der Waals surface area contributed by atoms with Gasteiger partial charge in [-0.1, -0.05) is 57.6 Å². The summed E-state index contributed by atoms with van der Waals surface area (Å²) >= 11 is 0. The molecule has 2 N–H and O–H groups in total. The Morgan fingerprint density at radius 3 is 2.33 bits per heavy atom. The molecule has 0 bridgehead atoms. The van der Waals surface area contributed by atoms with E-state index in [0.717, 1.165) is 32.1 Å². The number of carbonyl (C=O) groups is 1. The van der Waals surface area contributed by atoms with Crippen LogP contribution in [0.4, 0.5) is 0 Å². The summed E-state index contributed by atoms with van der Waals surface area (Å²) in [6.45, 7) is 2.81. The first-order valence-corrected chi connectivity index (χ1v) is 13.6. The third kappa shape index (κ3) is 14.1. The van der Waals surface area contributed by atoms with Crippen LogP contribution in [0.25, 0.3) is 0 Å². The van der Waals surface area contributed by atoms with Crippen LogP contribution >= 0.6 is 0 Å². The van der Waals surface area contributed by atoms with E-state index in [2.05, 4.69) is 24.1 Å².